The van der Waals surface area contributed by atoms with E-state index in [9.17, 15) is 5.53 Å². The van der Waals surface area contributed by atoms with Crippen LogP contribution in [-0.2, 0) is 14.2 Å². The van der Waals surface area contributed by atoms with Crippen molar-refractivity contribution in [1.82, 2.24) is 4.90 Å². The third kappa shape index (κ3) is 6.38. The van der Waals surface area contributed by atoms with Crippen LogP contribution in [0.5, 0.6) is 0 Å². The molecule has 0 N–H and O–H groups in total. The molecule has 2 rings (SSSR count). The quantitative estimate of drug-likeness (QED) is 0.353. The molecule has 0 aromatic carbocycles. The van der Waals surface area contributed by atoms with Crippen LogP contribution in [0.3, 0.4) is 0 Å². The van der Waals surface area contributed by atoms with Crippen LogP contribution in [0, 0.1) is 0 Å². The summed E-state index contributed by atoms with van der Waals surface area (Å²) in [4.78, 5) is 5.70. The Balaban J connectivity index is 0.00000312. The SMILES string of the molecule is CCCCOC1=CC(N2CCOCC2)=C(OCCCC)CC1=[N+]=[N-].Cl. The van der Waals surface area contributed by atoms with E-state index in [0.29, 0.717) is 44.3 Å². The van der Waals surface area contributed by atoms with Crippen LogP contribution in [-0.4, -0.2) is 54.9 Å². The summed E-state index contributed by atoms with van der Waals surface area (Å²) in [6, 6.07) is 0. The summed E-state index contributed by atoms with van der Waals surface area (Å²) in [7, 11) is 0. The monoisotopic (exact) mass is 371 g/mol. The van der Waals surface area contributed by atoms with E-state index in [0.717, 1.165) is 50.2 Å². The fourth-order valence-corrected chi connectivity index (χ4v) is 2.69. The smallest absolute Gasteiger partial charge is 0.341 e. The largest absolute Gasteiger partial charge is 0.495 e. The summed E-state index contributed by atoms with van der Waals surface area (Å²) in [5.41, 5.74) is 10.9. The predicted molar refractivity (Wildman–Crippen MR) is 99.7 cm³/mol. The number of hydrogen-bond donors (Lipinski definition) is 0. The summed E-state index contributed by atoms with van der Waals surface area (Å²) < 4.78 is 17.3. The highest BCUT2D eigenvalue weighted by molar-refractivity contribution is 5.97. The van der Waals surface area contributed by atoms with E-state index < -0.39 is 0 Å². The lowest BCUT2D eigenvalue weighted by atomic mass is 10.0. The molecule has 0 aromatic rings. The minimum absolute atomic E-state index is 0. The Bertz CT molecular complexity index is 522. The fourth-order valence-electron chi connectivity index (χ4n) is 2.69. The first-order valence-electron chi connectivity index (χ1n) is 9.04. The van der Waals surface area contributed by atoms with Crippen LogP contribution >= 0.6 is 12.4 Å². The molecule has 142 valence electrons. The molecule has 0 radical (unpaired) electrons. The van der Waals surface area contributed by atoms with Gasteiger partial charge in [-0.05, 0) is 12.8 Å². The van der Waals surface area contributed by atoms with Gasteiger partial charge in [0.05, 0.1) is 32.1 Å². The zero-order valence-corrected chi connectivity index (χ0v) is 16.1. The van der Waals surface area contributed by atoms with Gasteiger partial charge < -0.3 is 24.6 Å². The van der Waals surface area contributed by atoms with Crippen LogP contribution in [0.25, 0.3) is 5.53 Å². The van der Waals surface area contributed by atoms with Crippen molar-refractivity contribution in [2.45, 2.75) is 46.0 Å². The standard InChI is InChI=1S/C18H29N3O3.ClH/c1-3-5-9-23-17-14-16(21-7-11-22-12-8-21)18(13-15(17)20-19)24-10-6-4-2;/h14H,3-13H2,1-2H3;1H. The topological polar surface area (TPSA) is 67.3 Å². The number of unbranched alkanes of at least 4 members (excludes halogenated alkanes) is 2. The molecule has 0 bridgehead atoms. The highest BCUT2D eigenvalue weighted by atomic mass is 35.5. The average molecular weight is 372 g/mol. The number of rotatable bonds is 9. The third-order valence-electron chi connectivity index (χ3n) is 4.17. The molecule has 0 spiro atoms. The minimum atomic E-state index is 0. The zero-order chi connectivity index (χ0) is 17.2. The van der Waals surface area contributed by atoms with Crippen molar-refractivity contribution in [1.29, 1.82) is 0 Å². The predicted octanol–water partition coefficient (Wildman–Crippen LogP) is 3.54. The van der Waals surface area contributed by atoms with Gasteiger partial charge in [0.15, 0.2) is 0 Å². The third-order valence-corrected chi connectivity index (χ3v) is 4.17. The van der Waals surface area contributed by atoms with Gasteiger partial charge in [-0.2, -0.15) is 4.79 Å². The van der Waals surface area contributed by atoms with E-state index >= 15 is 0 Å². The van der Waals surface area contributed by atoms with Crippen LogP contribution < -0.4 is 0 Å². The van der Waals surface area contributed by atoms with E-state index in [2.05, 4.69) is 23.5 Å². The van der Waals surface area contributed by atoms with Gasteiger partial charge in [-0.15, -0.1) is 12.4 Å². The summed E-state index contributed by atoms with van der Waals surface area (Å²) in [5.74, 6) is 1.51. The number of halogens is 1. The number of hydrogen-bond acceptors (Lipinski definition) is 4. The maximum Gasteiger partial charge on any atom is 0.341 e. The lowest BCUT2D eigenvalue weighted by Crippen LogP contribution is -2.37. The van der Waals surface area contributed by atoms with Crippen LogP contribution in [0.2, 0.25) is 0 Å². The number of allylic oxidation sites excluding steroid dienone is 3. The Morgan fingerprint density at radius 3 is 2.36 bits per heavy atom. The van der Waals surface area contributed by atoms with E-state index in [-0.39, 0.29) is 12.4 Å². The Kier molecular flexibility index (Phi) is 10.3. The molecular formula is C18H30ClN3O3. The van der Waals surface area contributed by atoms with Crippen molar-refractivity contribution in [2.75, 3.05) is 39.5 Å². The molecule has 6 nitrogen and oxygen atoms in total. The second-order valence-electron chi connectivity index (χ2n) is 6.04. The van der Waals surface area contributed by atoms with Crippen LogP contribution in [0.1, 0.15) is 46.0 Å². The van der Waals surface area contributed by atoms with Gasteiger partial charge in [0.25, 0.3) is 0 Å². The Hall–Kier alpha value is -1.49. The average Bonchev–Trinajstić information content (AvgIpc) is 2.63. The molecule has 1 saturated heterocycles. The molecule has 0 saturated carbocycles. The van der Waals surface area contributed by atoms with E-state index in [1.807, 2.05) is 6.08 Å². The van der Waals surface area contributed by atoms with Gasteiger partial charge in [0, 0.05) is 19.2 Å². The van der Waals surface area contributed by atoms with Crippen LogP contribution in [0.15, 0.2) is 23.3 Å². The second kappa shape index (κ2) is 12.0. The van der Waals surface area contributed by atoms with E-state index in [4.69, 9.17) is 14.2 Å². The molecule has 1 fully saturated rings. The first-order chi connectivity index (χ1) is 11.8. The molecule has 0 amide bonds. The van der Waals surface area contributed by atoms with Crippen molar-refractivity contribution in [2.24, 2.45) is 0 Å². The van der Waals surface area contributed by atoms with E-state index in [1.165, 1.54) is 0 Å². The highest BCUT2D eigenvalue weighted by Crippen LogP contribution is 2.27. The van der Waals surface area contributed by atoms with Gasteiger partial charge in [0.1, 0.15) is 12.2 Å². The minimum Gasteiger partial charge on any atom is -0.495 e. The van der Waals surface area contributed by atoms with Gasteiger partial charge in [0.2, 0.25) is 5.76 Å². The number of nitrogens with zero attached hydrogens (tertiary/aromatic N) is 3. The normalized spacial score (nSPS) is 17.6. The van der Waals surface area contributed by atoms with Crippen molar-refractivity contribution in [3.63, 3.8) is 0 Å². The molecule has 1 aliphatic heterocycles. The van der Waals surface area contributed by atoms with Gasteiger partial charge >= 0.3 is 5.71 Å². The Morgan fingerprint density at radius 1 is 1.12 bits per heavy atom. The van der Waals surface area contributed by atoms with Gasteiger partial charge in [-0.25, -0.2) is 0 Å². The van der Waals surface area contributed by atoms with E-state index in [1.54, 1.807) is 0 Å². The van der Waals surface area contributed by atoms with Crippen molar-refractivity contribution < 1.29 is 19.0 Å². The molecule has 0 atom stereocenters. The number of ether oxygens (including phenoxy) is 3. The summed E-state index contributed by atoms with van der Waals surface area (Å²) >= 11 is 0. The lowest BCUT2D eigenvalue weighted by molar-refractivity contribution is -0.0145. The number of morpholine rings is 1. The molecular weight excluding hydrogens is 342 g/mol. The maximum atomic E-state index is 9.36. The zero-order valence-electron chi connectivity index (χ0n) is 15.3. The molecule has 0 aromatic heterocycles. The van der Waals surface area contributed by atoms with Gasteiger partial charge in [-0.3, -0.25) is 0 Å². The Morgan fingerprint density at radius 2 is 1.76 bits per heavy atom. The van der Waals surface area contributed by atoms with Crippen molar-refractivity contribution in [3.8, 4) is 0 Å². The first-order valence-corrected chi connectivity index (χ1v) is 9.04. The maximum absolute atomic E-state index is 9.36. The molecule has 0 unspecified atom stereocenters. The van der Waals surface area contributed by atoms with Crippen LogP contribution in [0.4, 0.5) is 0 Å². The van der Waals surface area contributed by atoms with Crippen molar-refractivity contribution in [3.05, 3.63) is 28.8 Å². The highest BCUT2D eigenvalue weighted by Gasteiger charge is 2.31. The molecule has 7 heteroatoms. The lowest BCUT2D eigenvalue weighted by Gasteiger charge is -2.32. The molecule has 1 aliphatic carbocycles. The van der Waals surface area contributed by atoms with Gasteiger partial charge in [-0.1, -0.05) is 26.7 Å². The summed E-state index contributed by atoms with van der Waals surface area (Å²) in [6.07, 6.45) is 6.56. The molecule has 25 heavy (non-hydrogen) atoms. The summed E-state index contributed by atoms with van der Waals surface area (Å²) in [5, 5.41) is 0. The van der Waals surface area contributed by atoms with Crippen molar-refractivity contribution >= 4 is 18.1 Å². The molecule has 2 aliphatic rings. The first kappa shape index (κ1) is 21.6. The second-order valence-corrected chi connectivity index (χ2v) is 6.04. The summed E-state index contributed by atoms with van der Waals surface area (Å²) in [6.45, 7) is 8.67. The fraction of sp³-hybridized carbons (Fsp3) is 0.722. The Labute approximate surface area is 156 Å². The molecule has 1 heterocycles.